The summed E-state index contributed by atoms with van der Waals surface area (Å²) in [7, 11) is 0. The van der Waals surface area contributed by atoms with E-state index in [0.717, 1.165) is 27.4 Å². The molecule has 1 N–H and O–H groups in total. The average Bonchev–Trinajstić information content (AvgIpc) is 3.20. The molecule has 7 heteroatoms. The van der Waals surface area contributed by atoms with E-state index in [1.54, 1.807) is 4.68 Å². The third-order valence-electron chi connectivity index (χ3n) is 4.87. The first kappa shape index (κ1) is 17.9. The van der Waals surface area contributed by atoms with Crippen LogP contribution in [0.4, 0.5) is 5.82 Å². The van der Waals surface area contributed by atoms with Crippen molar-refractivity contribution < 1.29 is 9.59 Å². The molecule has 0 fully saturated rings. The van der Waals surface area contributed by atoms with Gasteiger partial charge in [0.2, 0.25) is 5.91 Å². The molecule has 3 aromatic rings. The van der Waals surface area contributed by atoms with Crippen molar-refractivity contribution in [3.8, 4) is 5.69 Å². The number of carbonyl (C=O) groups is 2. The van der Waals surface area contributed by atoms with E-state index in [2.05, 4.69) is 10.4 Å². The summed E-state index contributed by atoms with van der Waals surface area (Å²) < 4.78 is 1.68. The number of nitrogens with zero attached hydrogens (tertiary/aromatic N) is 2. The number of fused-ring (bicyclic) bond motifs is 1. The Morgan fingerprint density at radius 2 is 2.04 bits per heavy atom. The van der Waals surface area contributed by atoms with E-state index in [1.165, 1.54) is 11.3 Å². The quantitative estimate of drug-likeness (QED) is 0.642. The molecular formula is C20H18ClN3O2S. The van der Waals surface area contributed by atoms with Crippen LogP contribution in [0.5, 0.6) is 0 Å². The molecule has 1 aliphatic rings. The number of benzene rings is 1. The van der Waals surface area contributed by atoms with Crippen molar-refractivity contribution in [3.05, 3.63) is 61.9 Å². The van der Waals surface area contributed by atoms with Gasteiger partial charge in [-0.15, -0.1) is 11.3 Å². The number of aromatic nitrogens is 2. The van der Waals surface area contributed by atoms with Crippen LogP contribution in [0.25, 0.3) is 5.69 Å². The van der Waals surface area contributed by atoms with Gasteiger partial charge in [-0.2, -0.15) is 5.10 Å². The summed E-state index contributed by atoms with van der Waals surface area (Å²) in [5.74, 6) is -0.189. The van der Waals surface area contributed by atoms with Gasteiger partial charge >= 0.3 is 0 Å². The lowest BCUT2D eigenvalue weighted by Gasteiger charge is -2.23. The van der Waals surface area contributed by atoms with Crippen LogP contribution < -0.4 is 5.32 Å². The van der Waals surface area contributed by atoms with Crippen molar-refractivity contribution in [3.63, 3.8) is 0 Å². The second-order valence-electron chi connectivity index (χ2n) is 6.72. The largest absolute Gasteiger partial charge is 0.310 e. The third kappa shape index (κ3) is 2.99. The van der Waals surface area contributed by atoms with Crippen LogP contribution in [0.15, 0.2) is 30.3 Å². The summed E-state index contributed by atoms with van der Waals surface area (Å²) in [6, 6.07) is 9.31. The van der Waals surface area contributed by atoms with E-state index in [9.17, 15) is 9.59 Å². The SMILES string of the molecule is Cc1ccc(C(=O)C2CC(=O)Nc3c2c(C)nn3-c2cccc(Cl)c2C)s1. The molecule has 0 saturated heterocycles. The minimum atomic E-state index is -0.528. The number of anilines is 1. The van der Waals surface area contributed by atoms with Crippen molar-refractivity contribution in [2.45, 2.75) is 33.1 Å². The second kappa shape index (κ2) is 6.62. The number of hydrogen-bond acceptors (Lipinski definition) is 4. The van der Waals surface area contributed by atoms with Crippen molar-refractivity contribution in [1.82, 2.24) is 9.78 Å². The van der Waals surface area contributed by atoms with Gasteiger partial charge in [-0.25, -0.2) is 4.68 Å². The number of amides is 1. The Kier molecular flexibility index (Phi) is 4.40. The molecule has 4 rings (SSSR count). The van der Waals surface area contributed by atoms with Crippen LogP contribution in [0.2, 0.25) is 5.02 Å². The maximum Gasteiger partial charge on any atom is 0.226 e. The van der Waals surface area contributed by atoms with Crippen LogP contribution in [-0.2, 0) is 4.79 Å². The van der Waals surface area contributed by atoms with Crippen LogP contribution in [0, 0.1) is 20.8 Å². The fourth-order valence-corrected chi connectivity index (χ4v) is 4.54. The van der Waals surface area contributed by atoms with Crippen LogP contribution >= 0.6 is 22.9 Å². The zero-order valence-electron chi connectivity index (χ0n) is 15.2. The number of thiophene rings is 1. The molecule has 5 nitrogen and oxygen atoms in total. The summed E-state index contributed by atoms with van der Waals surface area (Å²) in [6.07, 6.45) is 0.129. The molecule has 1 aromatic carbocycles. The molecule has 1 atom stereocenters. The molecule has 0 bridgehead atoms. The van der Waals surface area contributed by atoms with Gasteiger partial charge in [-0.1, -0.05) is 17.7 Å². The molecule has 2 aromatic heterocycles. The van der Waals surface area contributed by atoms with E-state index in [1.807, 2.05) is 51.1 Å². The summed E-state index contributed by atoms with van der Waals surface area (Å²) in [6.45, 7) is 5.74. The number of Topliss-reactive ketones (excluding diaryl/α,β-unsaturated/α-hetero) is 1. The second-order valence-corrected chi connectivity index (χ2v) is 8.42. The number of nitrogens with one attached hydrogen (secondary N) is 1. The van der Waals surface area contributed by atoms with E-state index in [-0.39, 0.29) is 18.1 Å². The maximum atomic E-state index is 13.1. The average molecular weight is 400 g/mol. The molecule has 27 heavy (non-hydrogen) atoms. The first-order chi connectivity index (χ1) is 12.9. The van der Waals surface area contributed by atoms with Gasteiger partial charge in [-0.3, -0.25) is 9.59 Å². The van der Waals surface area contributed by atoms with E-state index >= 15 is 0 Å². The van der Waals surface area contributed by atoms with E-state index < -0.39 is 5.92 Å². The predicted molar refractivity (Wildman–Crippen MR) is 107 cm³/mol. The molecule has 138 valence electrons. The van der Waals surface area contributed by atoms with Gasteiger partial charge in [0, 0.05) is 21.9 Å². The smallest absolute Gasteiger partial charge is 0.226 e. The summed E-state index contributed by atoms with van der Waals surface area (Å²) in [4.78, 5) is 27.2. The van der Waals surface area contributed by atoms with Crippen molar-refractivity contribution in [1.29, 1.82) is 0 Å². The summed E-state index contributed by atoms with van der Waals surface area (Å²) in [5.41, 5.74) is 3.16. The molecule has 0 spiro atoms. The maximum absolute atomic E-state index is 13.1. The number of aryl methyl sites for hydroxylation is 2. The van der Waals surface area contributed by atoms with Gasteiger partial charge in [0.25, 0.3) is 0 Å². The highest BCUT2D eigenvalue weighted by atomic mass is 35.5. The Morgan fingerprint density at radius 3 is 2.74 bits per heavy atom. The Hall–Kier alpha value is -2.44. The lowest BCUT2D eigenvalue weighted by Crippen LogP contribution is -2.28. The van der Waals surface area contributed by atoms with Crippen molar-refractivity contribution >= 4 is 40.4 Å². The zero-order valence-corrected chi connectivity index (χ0v) is 16.7. The van der Waals surface area contributed by atoms with E-state index in [0.29, 0.717) is 15.7 Å². The number of halogens is 1. The minimum Gasteiger partial charge on any atom is -0.310 e. The Balaban J connectivity index is 1.86. The standard InChI is InChI=1S/C20H18ClN3O2S/c1-10-7-8-16(27-10)19(26)13-9-17(25)22-20-18(13)12(3)23-24(20)15-6-4-5-14(21)11(15)2/h4-8,13H,9H2,1-3H3,(H,22,25). The highest BCUT2D eigenvalue weighted by molar-refractivity contribution is 7.14. The molecule has 1 unspecified atom stereocenters. The predicted octanol–water partition coefficient (Wildman–Crippen LogP) is 4.82. The topological polar surface area (TPSA) is 64.0 Å². The van der Waals surface area contributed by atoms with Gasteiger partial charge in [-0.05, 0) is 50.6 Å². The minimum absolute atomic E-state index is 0.0327. The lowest BCUT2D eigenvalue weighted by atomic mass is 9.87. The first-order valence-electron chi connectivity index (χ1n) is 8.62. The number of rotatable bonds is 3. The van der Waals surface area contributed by atoms with Crippen molar-refractivity contribution in [2.75, 3.05) is 5.32 Å². The van der Waals surface area contributed by atoms with Crippen LogP contribution in [-0.4, -0.2) is 21.5 Å². The van der Waals surface area contributed by atoms with Crippen LogP contribution in [0.1, 0.15) is 43.7 Å². The Morgan fingerprint density at radius 1 is 1.26 bits per heavy atom. The van der Waals surface area contributed by atoms with Crippen LogP contribution in [0.3, 0.4) is 0 Å². The molecule has 0 aliphatic carbocycles. The highest BCUT2D eigenvalue weighted by Crippen LogP contribution is 2.39. The Labute approximate surface area is 166 Å². The first-order valence-corrected chi connectivity index (χ1v) is 9.81. The fraction of sp³-hybridized carbons (Fsp3) is 0.250. The van der Waals surface area contributed by atoms with Gasteiger partial charge in [0.1, 0.15) is 5.82 Å². The number of hydrogen-bond donors (Lipinski definition) is 1. The molecule has 1 amide bonds. The normalized spacial score (nSPS) is 16.1. The van der Waals surface area contributed by atoms with Gasteiger partial charge in [0.05, 0.1) is 22.2 Å². The van der Waals surface area contributed by atoms with Gasteiger partial charge in [0.15, 0.2) is 5.78 Å². The number of carbonyl (C=O) groups excluding carboxylic acids is 2. The summed E-state index contributed by atoms with van der Waals surface area (Å²) >= 11 is 7.72. The zero-order chi connectivity index (χ0) is 19.3. The summed E-state index contributed by atoms with van der Waals surface area (Å²) in [5, 5.41) is 8.15. The molecule has 0 radical (unpaired) electrons. The molecule has 1 aliphatic heterocycles. The highest BCUT2D eigenvalue weighted by Gasteiger charge is 2.37. The Bertz CT molecular complexity index is 1080. The fourth-order valence-electron chi connectivity index (χ4n) is 3.51. The third-order valence-corrected chi connectivity index (χ3v) is 6.29. The molecule has 3 heterocycles. The molecular weight excluding hydrogens is 382 g/mol. The molecule has 0 saturated carbocycles. The van der Waals surface area contributed by atoms with Crippen molar-refractivity contribution in [2.24, 2.45) is 0 Å². The van der Waals surface area contributed by atoms with E-state index in [4.69, 9.17) is 11.6 Å². The lowest BCUT2D eigenvalue weighted by molar-refractivity contribution is -0.116. The monoisotopic (exact) mass is 399 g/mol. The number of ketones is 1. The van der Waals surface area contributed by atoms with Gasteiger partial charge < -0.3 is 5.32 Å².